The molecule has 0 aliphatic heterocycles. The normalized spacial score (nSPS) is 13.7. The second kappa shape index (κ2) is 8.45. The number of carboxylic acids is 1. The van der Waals surface area contributed by atoms with Crippen LogP contribution in [0.4, 0.5) is 0 Å². The quantitative estimate of drug-likeness (QED) is 0.590. The third-order valence-corrected chi connectivity index (χ3v) is 3.70. The number of carboxylic acid groups (broad SMARTS) is 1. The van der Waals surface area contributed by atoms with E-state index in [-0.39, 0.29) is 18.4 Å². The SMILES string of the molecule is CCOC(=O)C(C(=O)O)C(CCc1ccccc1)C(C)C. The van der Waals surface area contributed by atoms with Gasteiger partial charge in [-0.1, -0.05) is 44.2 Å². The van der Waals surface area contributed by atoms with Gasteiger partial charge in [0.1, 0.15) is 0 Å². The Morgan fingerprint density at radius 3 is 2.29 bits per heavy atom. The summed E-state index contributed by atoms with van der Waals surface area (Å²) in [7, 11) is 0. The molecule has 1 rings (SSSR count). The van der Waals surface area contributed by atoms with E-state index in [4.69, 9.17) is 4.74 Å². The van der Waals surface area contributed by atoms with Crippen LogP contribution in [0.3, 0.4) is 0 Å². The Bertz CT molecular complexity index is 453. The first kappa shape index (κ1) is 17.2. The van der Waals surface area contributed by atoms with Gasteiger partial charge in [-0.3, -0.25) is 9.59 Å². The Kier molecular flexibility index (Phi) is 6.92. The van der Waals surface area contributed by atoms with Crippen LogP contribution in [0.15, 0.2) is 30.3 Å². The van der Waals surface area contributed by atoms with Crippen LogP contribution in [-0.2, 0) is 20.7 Å². The van der Waals surface area contributed by atoms with E-state index in [1.807, 2.05) is 44.2 Å². The number of hydrogen-bond acceptors (Lipinski definition) is 3. The molecule has 0 amide bonds. The van der Waals surface area contributed by atoms with Crippen molar-refractivity contribution in [3.05, 3.63) is 35.9 Å². The van der Waals surface area contributed by atoms with Crippen molar-refractivity contribution in [3.63, 3.8) is 0 Å². The van der Waals surface area contributed by atoms with Gasteiger partial charge in [-0.05, 0) is 37.2 Å². The zero-order chi connectivity index (χ0) is 15.8. The Hall–Kier alpha value is -1.84. The largest absolute Gasteiger partial charge is 0.481 e. The molecular weight excluding hydrogens is 268 g/mol. The summed E-state index contributed by atoms with van der Waals surface area (Å²) >= 11 is 0. The van der Waals surface area contributed by atoms with Crippen LogP contribution in [0.5, 0.6) is 0 Å². The smallest absolute Gasteiger partial charge is 0.320 e. The fraction of sp³-hybridized carbons (Fsp3) is 0.529. The Labute approximate surface area is 126 Å². The molecule has 4 heteroatoms. The van der Waals surface area contributed by atoms with Crippen molar-refractivity contribution in [1.29, 1.82) is 0 Å². The molecule has 0 aliphatic carbocycles. The molecule has 4 nitrogen and oxygen atoms in total. The summed E-state index contributed by atoms with van der Waals surface area (Å²) in [6.45, 7) is 5.78. The van der Waals surface area contributed by atoms with Gasteiger partial charge in [0.2, 0.25) is 0 Å². The molecule has 0 aromatic heterocycles. The first-order valence-electron chi connectivity index (χ1n) is 7.40. The molecule has 0 saturated carbocycles. The van der Waals surface area contributed by atoms with Crippen LogP contribution < -0.4 is 0 Å². The number of rotatable bonds is 8. The highest BCUT2D eigenvalue weighted by atomic mass is 16.5. The lowest BCUT2D eigenvalue weighted by Crippen LogP contribution is -2.35. The van der Waals surface area contributed by atoms with E-state index in [1.165, 1.54) is 0 Å². The van der Waals surface area contributed by atoms with Crippen LogP contribution >= 0.6 is 0 Å². The van der Waals surface area contributed by atoms with E-state index in [0.717, 1.165) is 12.0 Å². The predicted octanol–water partition coefficient (Wildman–Crippen LogP) is 3.16. The molecular formula is C17H24O4. The van der Waals surface area contributed by atoms with Gasteiger partial charge in [0.05, 0.1) is 6.61 Å². The highest BCUT2D eigenvalue weighted by Crippen LogP contribution is 2.28. The van der Waals surface area contributed by atoms with E-state index in [2.05, 4.69) is 0 Å². The monoisotopic (exact) mass is 292 g/mol. The van der Waals surface area contributed by atoms with Gasteiger partial charge >= 0.3 is 11.9 Å². The summed E-state index contributed by atoms with van der Waals surface area (Å²) in [4.78, 5) is 23.4. The summed E-state index contributed by atoms with van der Waals surface area (Å²) in [6, 6.07) is 9.89. The van der Waals surface area contributed by atoms with Crippen LogP contribution in [0.25, 0.3) is 0 Å². The van der Waals surface area contributed by atoms with E-state index in [1.54, 1.807) is 6.92 Å². The highest BCUT2D eigenvalue weighted by Gasteiger charge is 2.37. The summed E-state index contributed by atoms with van der Waals surface area (Å²) < 4.78 is 4.93. The molecule has 0 aliphatic rings. The van der Waals surface area contributed by atoms with Crippen molar-refractivity contribution >= 4 is 11.9 Å². The van der Waals surface area contributed by atoms with Gasteiger partial charge in [0, 0.05) is 0 Å². The second-order valence-electron chi connectivity index (χ2n) is 5.50. The standard InChI is InChI=1S/C17H24O4/c1-4-21-17(20)15(16(18)19)14(12(2)3)11-10-13-8-6-5-7-9-13/h5-9,12,14-15H,4,10-11H2,1-3H3,(H,18,19). The van der Waals surface area contributed by atoms with Crippen LogP contribution in [-0.4, -0.2) is 23.7 Å². The first-order valence-corrected chi connectivity index (χ1v) is 7.40. The van der Waals surface area contributed by atoms with Crippen molar-refractivity contribution in [1.82, 2.24) is 0 Å². The number of benzene rings is 1. The molecule has 1 aromatic rings. The van der Waals surface area contributed by atoms with Crippen molar-refractivity contribution < 1.29 is 19.4 Å². The van der Waals surface area contributed by atoms with Crippen LogP contribution in [0, 0.1) is 17.8 Å². The predicted molar refractivity (Wildman–Crippen MR) is 80.8 cm³/mol. The Balaban J connectivity index is 2.82. The number of ether oxygens (including phenoxy) is 1. The summed E-state index contributed by atoms with van der Waals surface area (Å²) in [5, 5.41) is 9.39. The number of carbonyl (C=O) groups is 2. The second-order valence-corrected chi connectivity index (χ2v) is 5.50. The highest BCUT2D eigenvalue weighted by molar-refractivity contribution is 5.94. The van der Waals surface area contributed by atoms with Crippen LogP contribution in [0.2, 0.25) is 0 Å². The zero-order valence-electron chi connectivity index (χ0n) is 12.9. The maximum Gasteiger partial charge on any atom is 0.320 e. The average molecular weight is 292 g/mol. The van der Waals surface area contributed by atoms with Gasteiger partial charge in [-0.25, -0.2) is 0 Å². The molecule has 0 saturated heterocycles. The topological polar surface area (TPSA) is 63.6 Å². The van der Waals surface area contributed by atoms with E-state index >= 15 is 0 Å². The minimum atomic E-state index is -1.10. The molecule has 1 N–H and O–H groups in total. The van der Waals surface area contributed by atoms with Gasteiger partial charge in [-0.15, -0.1) is 0 Å². The van der Waals surface area contributed by atoms with E-state index < -0.39 is 17.9 Å². The lowest BCUT2D eigenvalue weighted by Gasteiger charge is -2.26. The molecule has 1 aromatic carbocycles. The van der Waals surface area contributed by atoms with Gasteiger partial charge in [0.15, 0.2) is 5.92 Å². The maximum atomic E-state index is 11.9. The molecule has 2 atom stereocenters. The van der Waals surface area contributed by atoms with Crippen molar-refractivity contribution in [2.45, 2.75) is 33.6 Å². The van der Waals surface area contributed by atoms with Gasteiger partial charge in [0.25, 0.3) is 0 Å². The first-order chi connectivity index (χ1) is 9.97. The van der Waals surface area contributed by atoms with Gasteiger partial charge in [-0.2, -0.15) is 0 Å². The van der Waals surface area contributed by atoms with Crippen molar-refractivity contribution in [2.75, 3.05) is 6.61 Å². The van der Waals surface area contributed by atoms with E-state index in [9.17, 15) is 14.7 Å². The fourth-order valence-electron chi connectivity index (χ4n) is 2.55. The summed E-state index contributed by atoms with van der Waals surface area (Å²) in [5.41, 5.74) is 1.15. The van der Waals surface area contributed by atoms with Gasteiger partial charge < -0.3 is 9.84 Å². The fourth-order valence-corrected chi connectivity index (χ4v) is 2.55. The molecule has 0 radical (unpaired) electrons. The van der Waals surface area contributed by atoms with E-state index in [0.29, 0.717) is 6.42 Å². The molecule has 21 heavy (non-hydrogen) atoms. The molecule has 0 spiro atoms. The molecule has 2 unspecified atom stereocenters. The summed E-state index contributed by atoms with van der Waals surface area (Å²) in [5.74, 6) is -2.95. The lowest BCUT2D eigenvalue weighted by atomic mass is 9.79. The van der Waals surface area contributed by atoms with Crippen LogP contribution in [0.1, 0.15) is 32.8 Å². The molecule has 0 fully saturated rings. The Morgan fingerprint density at radius 1 is 1.19 bits per heavy atom. The Morgan fingerprint density at radius 2 is 1.81 bits per heavy atom. The number of esters is 1. The lowest BCUT2D eigenvalue weighted by molar-refractivity contribution is -0.162. The minimum Gasteiger partial charge on any atom is -0.481 e. The third kappa shape index (κ3) is 5.21. The maximum absolute atomic E-state index is 11.9. The molecule has 116 valence electrons. The number of aliphatic carboxylic acids is 1. The minimum absolute atomic E-state index is 0.0965. The number of aryl methyl sites for hydroxylation is 1. The van der Waals surface area contributed by atoms with Crippen molar-refractivity contribution in [3.8, 4) is 0 Å². The number of hydrogen-bond donors (Lipinski definition) is 1. The van der Waals surface area contributed by atoms with Crippen molar-refractivity contribution in [2.24, 2.45) is 17.8 Å². The average Bonchev–Trinajstić information content (AvgIpc) is 2.43. The summed E-state index contributed by atoms with van der Waals surface area (Å²) in [6.07, 6.45) is 1.41. The molecule has 0 heterocycles. The third-order valence-electron chi connectivity index (χ3n) is 3.70. The number of carbonyl (C=O) groups excluding carboxylic acids is 1. The molecule has 0 bridgehead atoms. The zero-order valence-corrected chi connectivity index (χ0v) is 12.9.